The van der Waals surface area contributed by atoms with Crippen molar-refractivity contribution in [1.82, 2.24) is 24.7 Å². The van der Waals surface area contributed by atoms with Crippen LogP contribution in [0.3, 0.4) is 0 Å². The van der Waals surface area contributed by atoms with Gasteiger partial charge in [0.2, 0.25) is 5.91 Å². The first-order chi connectivity index (χ1) is 10.3. The number of hydrogen-bond acceptors (Lipinski definition) is 6. The van der Waals surface area contributed by atoms with Crippen molar-refractivity contribution in [2.45, 2.75) is 0 Å². The van der Waals surface area contributed by atoms with Crippen LogP contribution in [0.4, 0.5) is 5.82 Å². The molecule has 21 heavy (non-hydrogen) atoms. The van der Waals surface area contributed by atoms with E-state index in [9.17, 15) is 4.79 Å². The van der Waals surface area contributed by atoms with E-state index in [1.165, 1.54) is 11.3 Å². The summed E-state index contributed by atoms with van der Waals surface area (Å²) in [6.07, 6.45) is 5.95. The van der Waals surface area contributed by atoms with Gasteiger partial charge in [-0.15, -0.1) is 11.6 Å². The molecular weight excluding hydrogens is 312 g/mol. The quantitative estimate of drug-likeness (QED) is 0.738. The van der Waals surface area contributed by atoms with Gasteiger partial charge in [0, 0.05) is 23.8 Å². The van der Waals surface area contributed by atoms with Crippen LogP contribution in [-0.2, 0) is 4.79 Å². The second-order valence-electron chi connectivity index (χ2n) is 3.80. The standard InChI is InChI=1S/C12H7ClN6OS/c13-7-10(20)16-8-6-9(19-4-1-2-15-19)18-11(17-8)12-14-3-5-21-12/h1-2,4,6H,7H2,(H,16,17,18,20). The molecule has 3 heterocycles. The van der Waals surface area contributed by atoms with E-state index in [0.717, 1.165) is 0 Å². The summed E-state index contributed by atoms with van der Waals surface area (Å²) in [6.45, 7) is 0. The van der Waals surface area contributed by atoms with Crippen molar-refractivity contribution in [1.29, 1.82) is 0 Å². The molecule has 0 atom stereocenters. The maximum Gasteiger partial charge on any atom is 0.240 e. The number of halogens is 1. The second kappa shape index (κ2) is 5.87. The van der Waals surface area contributed by atoms with Gasteiger partial charge < -0.3 is 5.32 Å². The lowest BCUT2D eigenvalue weighted by atomic mass is 10.4. The molecule has 3 aromatic rings. The largest absolute Gasteiger partial charge is 0.309 e. The summed E-state index contributed by atoms with van der Waals surface area (Å²) in [6, 6.07) is 3.37. The monoisotopic (exact) mass is 318 g/mol. The zero-order chi connectivity index (χ0) is 14.7. The number of alkyl halides is 1. The first-order valence-corrected chi connectivity index (χ1v) is 7.11. The first kappa shape index (κ1) is 13.5. The minimum absolute atomic E-state index is 0.157. The molecule has 0 fully saturated rings. The Balaban J connectivity index is 2.06. The lowest BCUT2D eigenvalue weighted by Gasteiger charge is -2.07. The van der Waals surface area contributed by atoms with Crippen molar-refractivity contribution in [2.24, 2.45) is 0 Å². The van der Waals surface area contributed by atoms with Gasteiger partial charge in [-0.3, -0.25) is 4.79 Å². The van der Waals surface area contributed by atoms with Crippen LogP contribution in [0.2, 0.25) is 0 Å². The molecule has 0 aliphatic heterocycles. The number of amides is 1. The smallest absolute Gasteiger partial charge is 0.240 e. The summed E-state index contributed by atoms with van der Waals surface area (Å²) >= 11 is 6.72. The Morgan fingerprint density at radius 1 is 1.48 bits per heavy atom. The molecule has 0 spiro atoms. The minimum Gasteiger partial charge on any atom is -0.309 e. The third-order valence-electron chi connectivity index (χ3n) is 2.38. The van der Waals surface area contributed by atoms with Gasteiger partial charge in [-0.05, 0) is 6.07 Å². The van der Waals surface area contributed by atoms with Gasteiger partial charge in [0.1, 0.15) is 11.7 Å². The Labute approximate surface area is 128 Å². The maximum absolute atomic E-state index is 11.4. The zero-order valence-corrected chi connectivity index (χ0v) is 12.0. The Morgan fingerprint density at radius 3 is 3.05 bits per heavy atom. The summed E-state index contributed by atoms with van der Waals surface area (Å²) in [5.74, 6) is 0.673. The highest BCUT2D eigenvalue weighted by molar-refractivity contribution is 7.12. The van der Waals surface area contributed by atoms with Crippen molar-refractivity contribution in [3.63, 3.8) is 0 Å². The topological polar surface area (TPSA) is 85.6 Å². The average Bonchev–Trinajstić information content (AvgIpc) is 3.20. The number of nitrogens with zero attached hydrogens (tertiary/aromatic N) is 5. The molecular formula is C12H7ClN6OS. The third-order valence-corrected chi connectivity index (χ3v) is 3.29. The third kappa shape index (κ3) is 2.99. The molecule has 9 heteroatoms. The second-order valence-corrected chi connectivity index (χ2v) is 4.86. The molecule has 3 aromatic heterocycles. The van der Waals surface area contributed by atoms with Crippen molar-refractivity contribution in [3.8, 4) is 16.6 Å². The van der Waals surface area contributed by atoms with Gasteiger partial charge in [0.15, 0.2) is 16.6 Å². The fourth-order valence-corrected chi connectivity index (χ4v) is 2.08. The van der Waals surface area contributed by atoms with Crippen LogP contribution in [0.15, 0.2) is 24.5 Å². The Kier molecular flexibility index (Phi) is 3.77. The van der Waals surface area contributed by atoms with Gasteiger partial charge in [-0.1, -0.05) is 11.3 Å². The summed E-state index contributed by atoms with van der Waals surface area (Å²) in [7, 11) is 0. The Morgan fingerprint density at radius 2 is 2.38 bits per heavy atom. The highest BCUT2D eigenvalue weighted by atomic mass is 35.5. The van der Waals surface area contributed by atoms with Crippen LogP contribution in [-0.4, -0.2) is 36.5 Å². The van der Waals surface area contributed by atoms with Crippen molar-refractivity contribution in [3.05, 3.63) is 36.1 Å². The molecule has 104 valence electrons. The van der Waals surface area contributed by atoms with E-state index >= 15 is 0 Å². The van der Waals surface area contributed by atoms with E-state index in [1.54, 1.807) is 29.2 Å². The lowest BCUT2D eigenvalue weighted by Crippen LogP contribution is -2.15. The van der Waals surface area contributed by atoms with Crippen LogP contribution < -0.4 is 5.32 Å². The predicted molar refractivity (Wildman–Crippen MR) is 77.3 cm³/mol. The molecule has 0 aromatic carbocycles. The SMILES string of the molecule is O=C(CCl)Nc1cc(-n2cccn2)nc(-c2nc#cs2)n1. The number of aromatic nitrogens is 5. The van der Waals surface area contributed by atoms with Crippen molar-refractivity contribution < 1.29 is 4.79 Å². The minimum atomic E-state index is -0.356. The molecule has 1 N–H and O–H groups in total. The average molecular weight is 319 g/mol. The number of carbonyl (C=O) groups excluding carboxylic acids is 1. The molecule has 0 aliphatic rings. The summed E-state index contributed by atoms with van der Waals surface area (Å²) < 4.78 is 1.56. The molecule has 0 aliphatic carbocycles. The fourth-order valence-electron chi connectivity index (χ4n) is 1.56. The predicted octanol–water partition coefficient (Wildman–Crippen LogP) is 1.56. The van der Waals surface area contributed by atoms with Gasteiger partial charge in [0.25, 0.3) is 0 Å². The van der Waals surface area contributed by atoms with E-state index < -0.39 is 0 Å². The number of nitrogens with one attached hydrogen (secondary N) is 1. The molecule has 0 unspecified atom stereocenters. The zero-order valence-electron chi connectivity index (χ0n) is 10.4. The van der Waals surface area contributed by atoms with E-state index in [4.69, 9.17) is 11.6 Å². The lowest BCUT2D eigenvalue weighted by molar-refractivity contribution is -0.113. The van der Waals surface area contributed by atoms with E-state index in [-0.39, 0.29) is 11.8 Å². The number of anilines is 1. The highest BCUT2D eigenvalue weighted by Crippen LogP contribution is 2.20. The van der Waals surface area contributed by atoms with E-state index in [2.05, 4.69) is 36.9 Å². The van der Waals surface area contributed by atoms with Gasteiger partial charge >= 0.3 is 0 Å². The summed E-state index contributed by atoms with van der Waals surface area (Å²) in [5, 5.41) is 9.99. The molecule has 7 nitrogen and oxygen atoms in total. The van der Waals surface area contributed by atoms with Gasteiger partial charge in [-0.25, -0.2) is 14.6 Å². The van der Waals surface area contributed by atoms with Crippen LogP contribution in [0.1, 0.15) is 0 Å². The number of hydrogen-bond donors (Lipinski definition) is 1. The fraction of sp³-hybridized carbons (Fsp3) is 0.0833. The van der Waals surface area contributed by atoms with Crippen molar-refractivity contribution >= 4 is 34.7 Å². The van der Waals surface area contributed by atoms with Crippen LogP contribution in [0, 0.1) is 11.6 Å². The highest BCUT2D eigenvalue weighted by Gasteiger charge is 2.12. The summed E-state index contributed by atoms with van der Waals surface area (Å²) in [4.78, 5) is 24.0. The molecule has 3 rings (SSSR count). The Bertz CT molecular complexity index is 691. The van der Waals surface area contributed by atoms with Gasteiger partial charge in [-0.2, -0.15) is 10.1 Å². The summed E-state index contributed by atoms with van der Waals surface area (Å²) in [5.41, 5.74) is 0. The van der Waals surface area contributed by atoms with Crippen LogP contribution in [0.5, 0.6) is 0 Å². The normalized spacial score (nSPS) is 10.1. The molecule has 0 saturated heterocycles. The van der Waals surface area contributed by atoms with Crippen LogP contribution in [0.25, 0.3) is 16.6 Å². The van der Waals surface area contributed by atoms with Crippen molar-refractivity contribution in [2.75, 3.05) is 11.2 Å². The Hall–Kier alpha value is -2.50. The molecule has 0 bridgehead atoms. The van der Waals surface area contributed by atoms with Crippen LogP contribution >= 0.6 is 22.9 Å². The number of carbonyl (C=O) groups is 1. The molecule has 0 radical (unpaired) electrons. The first-order valence-electron chi connectivity index (χ1n) is 5.76. The molecule has 0 saturated carbocycles. The van der Waals surface area contributed by atoms with E-state index in [1.807, 2.05) is 0 Å². The molecule has 1 amide bonds. The van der Waals surface area contributed by atoms with E-state index in [0.29, 0.717) is 22.5 Å². The maximum atomic E-state index is 11.4. The number of rotatable bonds is 4. The van der Waals surface area contributed by atoms with Gasteiger partial charge in [0.05, 0.1) is 6.20 Å².